The lowest BCUT2D eigenvalue weighted by atomic mass is 9.76. The van der Waals surface area contributed by atoms with Gasteiger partial charge in [-0.15, -0.1) is 0 Å². The minimum atomic E-state index is -0.629. The van der Waals surface area contributed by atoms with E-state index in [1.165, 1.54) is 88.7 Å². The summed E-state index contributed by atoms with van der Waals surface area (Å²) < 4.78 is 12.9. The van der Waals surface area contributed by atoms with Crippen LogP contribution in [0.4, 0.5) is 4.39 Å². The van der Waals surface area contributed by atoms with Crippen LogP contribution in [0.15, 0.2) is 48.3 Å². The van der Waals surface area contributed by atoms with Gasteiger partial charge in [0.25, 0.3) is 0 Å². The quantitative estimate of drug-likeness (QED) is 0.204. The SMILES string of the molecule is CCCCCc1ccc(C2CCC(/C=C/C3CCC(CCC=C(F)C#N)CC3)CC2)cc1. The molecule has 0 radical (unpaired) electrons. The first-order chi connectivity index (χ1) is 15.7. The zero-order valence-electron chi connectivity index (χ0n) is 20.1. The molecule has 2 aliphatic carbocycles. The van der Waals surface area contributed by atoms with Crippen molar-refractivity contribution < 1.29 is 4.39 Å². The highest BCUT2D eigenvalue weighted by Crippen LogP contribution is 2.38. The maximum atomic E-state index is 12.9. The maximum absolute atomic E-state index is 12.9. The minimum absolute atomic E-state index is 0.629. The van der Waals surface area contributed by atoms with Gasteiger partial charge in [-0.2, -0.15) is 9.65 Å². The summed E-state index contributed by atoms with van der Waals surface area (Å²) in [5.74, 6) is 2.32. The second-order valence-electron chi connectivity index (χ2n) is 10.2. The molecule has 0 aliphatic heterocycles. The molecule has 0 N–H and O–H groups in total. The molecule has 0 unspecified atom stereocenters. The molecule has 2 heteroatoms. The summed E-state index contributed by atoms with van der Waals surface area (Å²) in [6.45, 7) is 2.27. The molecular weight excluding hydrogens is 393 g/mol. The Kier molecular flexibility index (Phi) is 10.5. The molecule has 1 nitrogen and oxygen atoms in total. The molecule has 174 valence electrons. The second-order valence-corrected chi connectivity index (χ2v) is 10.2. The second kappa shape index (κ2) is 13.6. The first-order valence-corrected chi connectivity index (χ1v) is 13.2. The van der Waals surface area contributed by atoms with Crippen LogP contribution in [0.1, 0.15) is 107 Å². The van der Waals surface area contributed by atoms with Gasteiger partial charge in [0.05, 0.1) is 0 Å². The average molecular weight is 436 g/mol. The molecule has 32 heavy (non-hydrogen) atoms. The Balaban J connectivity index is 1.34. The van der Waals surface area contributed by atoms with Crippen LogP contribution in [-0.4, -0.2) is 0 Å². The lowest BCUT2D eigenvalue weighted by Gasteiger charge is -2.29. The number of aryl methyl sites for hydroxylation is 1. The Morgan fingerprint density at radius 2 is 1.56 bits per heavy atom. The molecule has 0 heterocycles. The van der Waals surface area contributed by atoms with Crippen molar-refractivity contribution >= 4 is 0 Å². The van der Waals surface area contributed by atoms with Gasteiger partial charge in [0, 0.05) is 0 Å². The van der Waals surface area contributed by atoms with Crippen molar-refractivity contribution in [1.29, 1.82) is 5.26 Å². The molecule has 2 saturated carbocycles. The number of allylic oxidation sites excluding steroid dienone is 4. The Morgan fingerprint density at radius 3 is 2.16 bits per heavy atom. The summed E-state index contributed by atoms with van der Waals surface area (Å²) in [6.07, 6.45) is 23.7. The molecule has 3 rings (SSSR count). The molecule has 0 amide bonds. The largest absolute Gasteiger partial charge is 0.196 e. The van der Waals surface area contributed by atoms with E-state index < -0.39 is 5.83 Å². The van der Waals surface area contributed by atoms with Gasteiger partial charge in [-0.25, -0.2) is 0 Å². The van der Waals surface area contributed by atoms with E-state index in [0.29, 0.717) is 12.3 Å². The number of rotatable bonds is 10. The number of benzene rings is 1. The average Bonchev–Trinajstić information content (AvgIpc) is 2.84. The lowest BCUT2D eigenvalue weighted by molar-refractivity contribution is 0.295. The van der Waals surface area contributed by atoms with Crippen LogP contribution in [0.2, 0.25) is 0 Å². The molecule has 0 atom stereocenters. The van der Waals surface area contributed by atoms with Crippen LogP contribution >= 0.6 is 0 Å². The van der Waals surface area contributed by atoms with Crippen LogP contribution in [-0.2, 0) is 6.42 Å². The van der Waals surface area contributed by atoms with Gasteiger partial charge < -0.3 is 0 Å². The topological polar surface area (TPSA) is 23.8 Å². The van der Waals surface area contributed by atoms with E-state index in [2.05, 4.69) is 43.3 Å². The van der Waals surface area contributed by atoms with E-state index in [-0.39, 0.29) is 0 Å². The molecule has 0 saturated heterocycles. The number of hydrogen-bond donors (Lipinski definition) is 0. The highest BCUT2D eigenvalue weighted by Gasteiger charge is 2.22. The van der Waals surface area contributed by atoms with E-state index in [1.807, 2.05) is 0 Å². The molecule has 1 aromatic carbocycles. The van der Waals surface area contributed by atoms with E-state index in [4.69, 9.17) is 5.26 Å². The first-order valence-electron chi connectivity index (χ1n) is 13.2. The number of nitrogens with zero attached hydrogens (tertiary/aromatic N) is 1. The lowest BCUT2D eigenvalue weighted by Crippen LogP contribution is -2.14. The zero-order valence-corrected chi connectivity index (χ0v) is 20.1. The predicted octanol–water partition coefficient (Wildman–Crippen LogP) is 9.21. The molecular formula is C30H42FN. The van der Waals surface area contributed by atoms with E-state index in [0.717, 1.165) is 24.2 Å². The van der Waals surface area contributed by atoms with Crippen LogP contribution in [0.25, 0.3) is 0 Å². The van der Waals surface area contributed by atoms with Gasteiger partial charge in [-0.3, -0.25) is 0 Å². The number of nitriles is 1. The first kappa shape index (κ1) is 24.8. The van der Waals surface area contributed by atoms with Crippen LogP contribution in [0.5, 0.6) is 0 Å². The van der Waals surface area contributed by atoms with Crippen molar-refractivity contribution in [1.82, 2.24) is 0 Å². The van der Waals surface area contributed by atoms with Gasteiger partial charge in [-0.1, -0.05) is 56.2 Å². The van der Waals surface area contributed by atoms with Crippen LogP contribution in [0.3, 0.4) is 0 Å². The normalized spacial score (nSPS) is 26.8. The third-order valence-corrected chi connectivity index (χ3v) is 7.84. The summed E-state index contributed by atoms with van der Waals surface area (Å²) in [5.41, 5.74) is 3.05. The van der Waals surface area contributed by atoms with Crippen molar-refractivity contribution in [3.63, 3.8) is 0 Å². The fraction of sp³-hybridized carbons (Fsp3) is 0.633. The Hall–Kier alpha value is -1.88. The third-order valence-electron chi connectivity index (χ3n) is 7.84. The van der Waals surface area contributed by atoms with E-state index >= 15 is 0 Å². The maximum Gasteiger partial charge on any atom is 0.196 e. The molecule has 2 aliphatic rings. The summed E-state index contributed by atoms with van der Waals surface area (Å²) in [6, 6.07) is 11.1. The molecule has 1 aromatic rings. The van der Waals surface area contributed by atoms with Crippen molar-refractivity contribution in [3.8, 4) is 6.07 Å². The monoisotopic (exact) mass is 435 g/mol. The Labute approximate surface area is 195 Å². The summed E-state index contributed by atoms with van der Waals surface area (Å²) in [4.78, 5) is 0. The van der Waals surface area contributed by atoms with Gasteiger partial charge >= 0.3 is 0 Å². The summed E-state index contributed by atoms with van der Waals surface area (Å²) in [7, 11) is 0. The summed E-state index contributed by atoms with van der Waals surface area (Å²) in [5, 5.41) is 8.49. The van der Waals surface area contributed by atoms with Crippen molar-refractivity contribution in [2.24, 2.45) is 17.8 Å². The minimum Gasteiger partial charge on any atom is -0.195 e. The molecule has 0 bridgehead atoms. The van der Waals surface area contributed by atoms with Gasteiger partial charge in [0.15, 0.2) is 5.83 Å². The van der Waals surface area contributed by atoms with Crippen LogP contribution in [0, 0.1) is 29.1 Å². The van der Waals surface area contributed by atoms with E-state index in [9.17, 15) is 4.39 Å². The van der Waals surface area contributed by atoms with Crippen LogP contribution < -0.4 is 0 Å². The highest BCUT2D eigenvalue weighted by molar-refractivity contribution is 5.26. The third kappa shape index (κ3) is 8.23. The number of hydrogen-bond acceptors (Lipinski definition) is 1. The zero-order chi connectivity index (χ0) is 22.6. The predicted molar refractivity (Wildman–Crippen MR) is 133 cm³/mol. The number of halogens is 1. The molecule has 2 fully saturated rings. The Bertz CT molecular complexity index is 753. The number of unbranched alkanes of at least 4 members (excludes halogenated alkanes) is 2. The van der Waals surface area contributed by atoms with E-state index in [1.54, 1.807) is 11.6 Å². The fourth-order valence-electron chi connectivity index (χ4n) is 5.66. The van der Waals surface area contributed by atoms with Gasteiger partial charge in [0.2, 0.25) is 0 Å². The standard InChI is InChI=1S/C30H42FN/c1-2-3-4-6-24-15-19-28(20-16-24)29-21-17-27(18-22-29)14-13-26-11-9-25(10-12-26)7-5-8-30(31)23-32/h8,13-16,19-20,25-27,29H,2-7,9-12,17-18,21-22H2,1H3/b14-13+,30-8?. The van der Waals surface area contributed by atoms with Gasteiger partial charge in [0.1, 0.15) is 6.07 Å². The fourth-order valence-corrected chi connectivity index (χ4v) is 5.66. The van der Waals surface area contributed by atoms with Crippen molar-refractivity contribution in [3.05, 3.63) is 59.4 Å². The Morgan fingerprint density at radius 1 is 0.938 bits per heavy atom. The smallest absolute Gasteiger partial charge is 0.195 e. The van der Waals surface area contributed by atoms with Gasteiger partial charge in [-0.05, 0) is 118 Å². The molecule has 0 aromatic heterocycles. The highest BCUT2D eigenvalue weighted by atomic mass is 19.1. The summed E-state index contributed by atoms with van der Waals surface area (Å²) >= 11 is 0. The van der Waals surface area contributed by atoms with Crippen molar-refractivity contribution in [2.75, 3.05) is 0 Å². The molecule has 0 spiro atoms. The van der Waals surface area contributed by atoms with Crippen molar-refractivity contribution in [2.45, 2.75) is 103 Å².